The van der Waals surface area contributed by atoms with Gasteiger partial charge >= 0.3 is 13.6 Å². The van der Waals surface area contributed by atoms with Crippen LogP contribution in [0.2, 0.25) is 0 Å². The van der Waals surface area contributed by atoms with Gasteiger partial charge in [0.05, 0.1) is 26.0 Å². The number of ether oxygens (including phenoxy) is 1. The highest BCUT2D eigenvalue weighted by Crippen LogP contribution is 2.49. The van der Waals surface area contributed by atoms with Crippen LogP contribution in [0.25, 0.3) is 0 Å². The molecule has 0 aromatic heterocycles. The van der Waals surface area contributed by atoms with Gasteiger partial charge in [0.25, 0.3) is 0 Å². The minimum absolute atomic E-state index is 0.0499. The molecule has 6 heteroatoms. The minimum atomic E-state index is -3.28. The van der Waals surface area contributed by atoms with E-state index < -0.39 is 13.6 Å². The molecule has 0 aromatic carbocycles. The van der Waals surface area contributed by atoms with Crippen molar-refractivity contribution in [3.8, 4) is 0 Å². The third-order valence-corrected chi connectivity index (χ3v) is 4.12. The third kappa shape index (κ3) is 7.51. The summed E-state index contributed by atoms with van der Waals surface area (Å²) in [4.78, 5) is 11.8. The van der Waals surface area contributed by atoms with E-state index in [0.717, 1.165) is 0 Å². The first-order chi connectivity index (χ1) is 8.88. The fraction of sp³-hybridized carbons (Fsp3) is 0.769. The molecule has 0 rings (SSSR count). The molecule has 112 valence electrons. The number of rotatable bonds is 9. The van der Waals surface area contributed by atoms with Crippen molar-refractivity contribution in [2.75, 3.05) is 26.0 Å². The van der Waals surface area contributed by atoms with Gasteiger partial charge in [0.2, 0.25) is 0 Å². The topological polar surface area (TPSA) is 61.8 Å². The van der Waals surface area contributed by atoms with E-state index in [-0.39, 0.29) is 31.9 Å². The lowest BCUT2D eigenvalue weighted by Crippen LogP contribution is -2.14. The predicted molar refractivity (Wildman–Crippen MR) is 75.3 cm³/mol. The first-order valence-electron chi connectivity index (χ1n) is 6.64. The van der Waals surface area contributed by atoms with Crippen LogP contribution in [0.4, 0.5) is 0 Å². The van der Waals surface area contributed by atoms with E-state index in [1.807, 2.05) is 13.8 Å². The number of carbonyl (C=O) groups excluding carboxylic acids is 1. The van der Waals surface area contributed by atoms with Crippen molar-refractivity contribution in [1.29, 1.82) is 0 Å². The normalized spacial score (nSPS) is 12.8. The highest BCUT2D eigenvalue weighted by atomic mass is 31.2. The lowest BCUT2D eigenvalue weighted by atomic mass is 10.1. The highest BCUT2D eigenvalue weighted by Gasteiger charge is 2.28. The summed E-state index contributed by atoms with van der Waals surface area (Å²) in [6, 6.07) is 0. The van der Waals surface area contributed by atoms with E-state index in [1.165, 1.54) is 0 Å². The van der Waals surface area contributed by atoms with Gasteiger partial charge < -0.3 is 13.8 Å². The maximum absolute atomic E-state index is 12.4. The van der Waals surface area contributed by atoms with Gasteiger partial charge in [0, 0.05) is 5.57 Å². The molecule has 0 aliphatic rings. The number of allylic oxidation sites excluding steroid dienone is 1. The molecule has 0 aliphatic heterocycles. The zero-order chi connectivity index (χ0) is 14.9. The quantitative estimate of drug-likeness (QED) is 0.370. The lowest BCUT2D eigenvalue weighted by Gasteiger charge is -2.18. The van der Waals surface area contributed by atoms with Crippen LogP contribution < -0.4 is 0 Å². The summed E-state index contributed by atoms with van der Waals surface area (Å²) in [6.45, 7) is 9.91. The number of hydrogen-bond donors (Lipinski definition) is 0. The van der Waals surface area contributed by atoms with E-state index in [2.05, 4.69) is 0 Å². The Bertz CT molecular complexity index is 339. The molecule has 0 saturated carbocycles. The summed E-state index contributed by atoms with van der Waals surface area (Å²) in [5.41, 5.74) is 0.349. The number of hydrogen-bond acceptors (Lipinski definition) is 5. The van der Waals surface area contributed by atoms with Crippen LogP contribution in [0.15, 0.2) is 11.6 Å². The fourth-order valence-corrected chi connectivity index (χ4v) is 3.24. The fourth-order valence-electron chi connectivity index (χ4n) is 1.54. The predicted octanol–water partition coefficient (Wildman–Crippen LogP) is 3.40. The summed E-state index contributed by atoms with van der Waals surface area (Å²) < 4.78 is 27.8. The van der Waals surface area contributed by atoms with Gasteiger partial charge in [-0.05, 0) is 26.7 Å². The molecule has 0 aliphatic carbocycles. The summed E-state index contributed by atoms with van der Waals surface area (Å²) in [6.07, 6.45) is 1.69. The molecular weight excluding hydrogens is 267 g/mol. The smallest absolute Gasteiger partial charge is 0.335 e. The molecule has 0 amide bonds. The molecular formula is C13H25O5P. The van der Waals surface area contributed by atoms with Crippen LogP contribution in [0.1, 0.15) is 34.6 Å². The van der Waals surface area contributed by atoms with E-state index in [0.29, 0.717) is 5.57 Å². The largest absolute Gasteiger partial charge is 0.463 e. The highest BCUT2D eigenvalue weighted by molar-refractivity contribution is 7.54. The average Bonchev–Trinajstić information content (AvgIpc) is 2.28. The summed E-state index contributed by atoms with van der Waals surface area (Å²) >= 11 is 0. The first kappa shape index (κ1) is 18.4. The van der Waals surface area contributed by atoms with Gasteiger partial charge in [-0.1, -0.05) is 19.9 Å². The van der Waals surface area contributed by atoms with Crippen molar-refractivity contribution >= 4 is 13.6 Å². The molecule has 0 heterocycles. The molecule has 0 atom stereocenters. The molecule has 0 spiro atoms. The van der Waals surface area contributed by atoms with Gasteiger partial charge in [0.15, 0.2) is 0 Å². The standard InChI is InChI=1S/C13H25O5P/c1-6-16-13(14)12(9-11(4)5)10-19(15,17-7-2)18-8-3/h9,11H,6-8,10H2,1-5H3. The monoisotopic (exact) mass is 292 g/mol. The Labute approximate surface area is 115 Å². The Balaban J connectivity index is 5.07. The Morgan fingerprint density at radius 2 is 1.63 bits per heavy atom. The SMILES string of the molecule is CCOC(=O)C(=CC(C)C)CP(=O)(OCC)OCC. The Hall–Kier alpha value is -0.640. The second-order valence-electron chi connectivity index (χ2n) is 4.26. The van der Waals surface area contributed by atoms with Crippen LogP contribution in [-0.2, 0) is 23.1 Å². The van der Waals surface area contributed by atoms with Crippen molar-refractivity contribution < 1.29 is 23.1 Å². The Kier molecular flexibility index (Phi) is 8.98. The van der Waals surface area contributed by atoms with Crippen LogP contribution in [0.3, 0.4) is 0 Å². The molecule has 0 bridgehead atoms. The second kappa shape index (κ2) is 9.29. The zero-order valence-corrected chi connectivity index (χ0v) is 13.4. The van der Waals surface area contributed by atoms with E-state index >= 15 is 0 Å². The van der Waals surface area contributed by atoms with E-state index in [9.17, 15) is 9.36 Å². The third-order valence-electron chi connectivity index (χ3n) is 2.09. The molecule has 0 radical (unpaired) electrons. The van der Waals surface area contributed by atoms with Gasteiger partial charge in [-0.3, -0.25) is 4.57 Å². The van der Waals surface area contributed by atoms with Crippen LogP contribution in [-0.4, -0.2) is 32.0 Å². The Morgan fingerprint density at radius 3 is 2.00 bits per heavy atom. The average molecular weight is 292 g/mol. The van der Waals surface area contributed by atoms with Gasteiger partial charge in [-0.25, -0.2) is 4.79 Å². The lowest BCUT2D eigenvalue weighted by molar-refractivity contribution is -0.138. The van der Waals surface area contributed by atoms with Crippen LogP contribution in [0.5, 0.6) is 0 Å². The second-order valence-corrected chi connectivity index (χ2v) is 6.32. The van der Waals surface area contributed by atoms with Crippen molar-refractivity contribution in [2.45, 2.75) is 34.6 Å². The maximum atomic E-state index is 12.4. The molecule has 0 fully saturated rings. The van der Waals surface area contributed by atoms with Gasteiger partial charge in [0.1, 0.15) is 0 Å². The van der Waals surface area contributed by atoms with Crippen LogP contribution >= 0.6 is 7.60 Å². The number of esters is 1. The van der Waals surface area contributed by atoms with Crippen molar-refractivity contribution in [1.82, 2.24) is 0 Å². The van der Waals surface area contributed by atoms with E-state index in [4.69, 9.17) is 13.8 Å². The summed E-state index contributed by atoms with van der Waals surface area (Å²) in [5, 5.41) is 0. The minimum Gasteiger partial charge on any atom is -0.463 e. The van der Waals surface area contributed by atoms with Crippen LogP contribution in [0, 0.1) is 5.92 Å². The molecule has 0 aromatic rings. The molecule has 5 nitrogen and oxygen atoms in total. The van der Waals surface area contributed by atoms with Crippen molar-refractivity contribution in [3.05, 3.63) is 11.6 Å². The Morgan fingerprint density at radius 1 is 1.11 bits per heavy atom. The molecule has 19 heavy (non-hydrogen) atoms. The van der Waals surface area contributed by atoms with E-state index in [1.54, 1.807) is 26.8 Å². The maximum Gasteiger partial charge on any atom is 0.335 e. The molecule has 0 unspecified atom stereocenters. The number of carbonyl (C=O) groups is 1. The molecule has 0 saturated heterocycles. The van der Waals surface area contributed by atoms with Crippen molar-refractivity contribution in [2.24, 2.45) is 5.92 Å². The first-order valence-corrected chi connectivity index (χ1v) is 8.37. The summed E-state index contributed by atoms with van der Waals surface area (Å²) in [5.74, 6) is -0.313. The zero-order valence-electron chi connectivity index (χ0n) is 12.5. The summed E-state index contributed by atoms with van der Waals surface area (Å²) in [7, 11) is -3.28. The van der Waals surface area contributed by atoms with Crippen molar-refractivity contribution in [3.63, 3.8) is 0 Å². The van der Waals surface area contributed by atoms with Gasteiger partial charge in [-0.2, -0.15) is 0 Å². The van der Waals surface area contributed by atoms with Gasteiger partial charge in [-0.15, -0.1) is 0 Å². The molecule has 0 N–H and O–H groups in total.